The van der Waals surface area contributed by atoms with Crippen LogP contribution in [0.3, 0.4) is 0 Å². The smallest absolute Gasteiger partial charge is 0.258 e. The van der Waals surface area contributed by atoms with E-state index in [0.29, 0.717) is 23.3 Å². The Hall–Kier alpha value is -2.89. The number of rotatable bonds is 3. The summed E-state index contributed by atoms with van der Waals surface area (Å²) < 4.78 is 10.5. The molecule has 2 aromatic heterocycles. The number of nitrogen functional groups attached to an aromatic ring is 1. The van der Waals surface area contributed by atoms with Crippen LogP contribution in [0, 0.1) is 0 Å². The second-order valence-corrected chi connectivity index (χ2v) is 4.09. The molecular weight excluding hydrogens is 256 g/mol. The maximum absolute atomic E-state index is 5.64. The first-order chi connectivity index (χ1) is 9.78. The molecule has 0 fully saturated rings. The lowest BCUT2D eigenvalue weighted by Gasteiger charge is -2.03. The molecule has 0 spiro atoms. The first-order valence-electron chi connectivity index (χ1n) is 5.97. The molecule has 3 aromatic rings. The number of benzene rings is 1. The molecule has 6 nitrogen and oxygen atoms in total. The third-order valence-corrected chi connectivity index (χ3v) is 2.80. The molecule has 3 rings (SSSR count). The van der Waals surface area contributed by atoms with Crippen LogP contribution in [-0.4, -0.2) is 22.2 Å². The maximum atomic E-state index is 5.64. The molecule has 0 bridgehead atoms. The highest BCUT2D eigenvalue weighted by atomic mass is 16.5. The second kappa shape index (κ2) is 5.00. The normalized spacial score (nSPS) is 10.4. The minimum absolute atomic E-state index is 0.389. The number of hydrogen-bond donors (Lipinski definition) is 1. The van der Waals surface area contributed by atoms with Crippen LogP contribution in [0.25, 0.3) is 22.8 Å². The fourth-order valence-corrected chi connectivity index (χ4v) is 1.86. The van der Waals surface area contributed by atoms with Gasteiger partial charge in [0.15, 0.2) is 0 Å². The number of nitrogens with zero attached hydrogens (tertiary/aromatic N) is 3. The molecule has 100 valence electrons. The molecule has 0 aliphatic rings. The van der Waals surface area contributed by atoms with Crippen molar-refractivity contribution in [1.29, 1.82) is 0 Å². The topological polar surface area (TPSA) is 87.1 Å². The second-order valence-electron chi connectivity index (χ2n) is 4.09. The van der Waals surface area contributed by atoms with Gasteiger partial charge in [-0.3, -0.25) is 0 Å². The Morgan fingerprint density at radius 1 is 1.20 bits per heavy atom. The molecule has 20 heavy (non-hydrogen) atoms. The molecule has 0 saturated carbocycles. The molecule has 0 saturated heterocycles. The van der Waals surface area contributed by atoms with Gasteiger partial charge in [0, 0.05) is 11.8 Å². The van der Waals surface area contributed by atoms with Crippen LogP contribution in [0.15, 0.2) is 47.1 Å². The summed E-state index contributed by atoms with van der Waals surface area (Å²) >= 11 is 0. The largest absolute Gasteiger partial charge is 0.496 e. The molecule has 0 amide bonds. The summed E-state index contributed by atoms with van der Waals surface area (Å²) in [4.78, 5) is 8.28. The van der Waals surface area contributed by atoms with Crippen molar-refractivity contribution in [2.24, 2.45) is 0 Å². The van der Waals surface area contributed by atoms with Gasteiger partial charge in [-0.2, -0.15) is 4.98 Å². The van der Waals surface area contributed by atoms with Crippen LogP contribution in [-0.2, 0) is 0 Å². The highest BCUT2D eigenvalue weighted by Crippen LogP contribution is 2.29. The van der Waals surface area contributed by atoms with Gasteiger partial charge >= 0.3 is 0 Å². The van der Waals surface area contributed by atoms with Crippen LogP contribution in [0.2, 0.25) is 0 Å². The number of methoxy groups -OCH3 is 1. The van der Waals surface area contributed by atoms with Crippen LogP contribution < -0.4 is 10.5 Å². The van der Waals surface area contributed by atoms with Crippen LogP contribution in [0.5, 0.6) is 5.75 Å². The predicted molar refractivity (Wildman–Crippen MR) is 73.9 cm³/mol. The van der Waals surface area contributed by atoms with Gasteiger partial charge < -0.3 is 15.0 Å². The summed E-state index contributed by atoms with van der Waals surface area (Å²) in [5.74, 6) is 1.95. The van der Waals surface area contributed by atoms with Gasteiger partial charge in [-0.15, -0.1) is 0 Å². The molecule has 0 atom stereocenters. The van der Waals surface area contributed by atoms with E-state index in [-0.39, 0.29) is 0 Å². The third-order valence-electron chi connectivity index (χ3n) is 2.80. The lowest BCUT2D eigenvalue weighted by Crippen LogP contribution is -1.90. The molecule has 0 unspecified atom stereocenters. The van der Waals surface area contributed by atoms with Crippen molar-refractivity contribution >= 4 is 5.82 Å². The Morgan fingerprint density at radius 3 is 2.85 bits per heavy atom. The summed E-state index contributed by atoms with van der Waals surface area (Å²) in [6.07, 6.45) is 1.59. The lowest BCUT2D eigenvalue weighted by atomic mass is 10.2. The van der Waals surface area contributed by atoms with Crippen molar-refractivity contribution in [3.05, 3.63) is 42.6 Å². The van der Waals surface area contributed by atoms with Gasteiger partial charge in [0.25, 0.3) is 5.89 Å². The summed E-state index contributed by atoms with van der Waals surface area (Å²) in [6, 6.07) is 10.9. The molecular formula is C14H12N4O2. The van der Waals surface area contributed by atoms with Gasteiger partial charge in [-0.1, -0.05) is 17.3 Å². The summed E-state index contributed by atoms with van der Waals surface area (Å²) in [5.41, 5.74) is 7.14. The van der Waals surface area contributed by atoms with Crippen molar-refractivity contribution in [3.8, 4) is 28.6 Å². The standard InChI is InChI=1S/C14H12N4O2/c1-19-11-5-3-2-4-10(11)13-17-14(20-18-13)9-6-7-16-12(15)8-9/h2-8H,1H3,(H2,15,16). The molecule has 2 N–H and O–H groups in total. The Morgan fingerprint density at radius 2 is 2.05 bits per heavy atom. The molecule has 6 heteroatoms. The number of pyridine rings is 1. The zero-order chi connectivity index (χ0) is 13.9. The van der Waals surface area contributed by atoms with E-state index < -0.39 is 0 Å². The van der Waals surface area contributed by atoms with Gasteiger partial charge in [-0.25, -0.2) is 4.98 Å². The average Bonchev–Trinajstić information content (AvgIpc) is 2.97. The molecule has 0 radical (unpaired) electrons. The van der Waals surface area contributed by atoms with E-state index in [1.165, 1.54) is 0 Å². The van der Waals surface area contributed by atoms with E-state index in [1.54, 1.807) is 25.4 Å². The van der Waals surface area contributed by atoms with Crippen molar-refractivity contribution in [1.82, 2.24) is 15.1 Å². The zero-order valence-electron chi connectivity index (χ0n) is 10.8. The quantitative estimate of drug-likeness (QED) is 0.784. The van der Waals surface area contributed by atoms with Gasteiger partial charge in [0.1, 0.15) is 11.6 Å². The van der Waals surface area contributed by atoms with Crippen LogP contribution in [0.1, 0.15) is 0 Å². The monoisotopic (exact) mass is 268 g/mol. The van der Waals surface area contributed by atoms with E-state index in [2.05, 4.69) is 15.1 Å². The van der Waals surface area contributed by atoms with E-state index >= 15 is 0 Å². The van der Waals surface area contributed by atoms with Gasteiger partial charge in [-0.05, 0) is 24.3 Å². The Labute approximate surface area is 115 Å². The third kappa shape index (κ3) is 2.18. The van der Waals surface area contributed by atoms with Crippen molar-refractivity contribution < 1.29 is 9.26 Å². The number of nitrogens with two attached hydrogens (primary N) is 1. The molecule has 0 aliphatic heterocycles. The number of ether oxygens (including phenoxy) is 1. The first-order valence-corrected chi connectivity index (χ1v) is 5.97. The summed E-state index contributed by atoms with van der Waals surface area (Å²) in [7, 11) is 1.60. The predicted octanol–water partition coefficient (Wildman–Crippen LogP) is 2.39. The number of aromatic nitrogens is 3. The van der Waals surface area contributed by atoms with Crippen molar-refractivity contribution in [3.63, 3.8) is 0 Å². The van der Waals surface area contributed by atoms with Crippen molar-refractivity contribution in [2.45, 2.75) is 0 Å². The summed E-state index contributed by atoms with van der Waals surface area (Å²) in [5, 5.41) is 3.97. The molecule has 0 aliphatic carbocycles. The first kappa shape index (κ1) is 12.2. The average molecular weight is 268 g/mol. The van der Waals surface area contributed by atoms with Crippen molar-refractivity contribution in [2.75, 3.05) is 12.8 Å². The number of hydrogen-bond acceptors (Lipinski definition) is 6. The van der Waals surface area contributed by atoms with Crippen LogP contribution in [0.4, 0.5) is 5.82 Å². The lowest BCUT2D eigenvalue weighted by molar-refractivity contribution is 0.413. The van der Waals surface area contributed by atoms with Gasteiger partial charge in [0.2, 0.25) is 5.82 Å². The number of para-hydroxylation sites is 1. The van der Waals surface area contributed by atoms with E-state index in [9.17, 15) is 0 Å². The molecule has 2 heterocycles. The maximum Gasteiger partial charge on any atom is 0.258 e. The Balaban J connectivity index is 2.02. The fourth-order valence-electron chi connectivity index (χ4n) is 1.86. The highest BCUT2D eigenvalue weighted by molar-refractivity contribution is 5.66. The van der Waals surface area contributed by atoms with Crippen LogP contribution >= 0.6 is 0 Å². The zero-order valence-corrected chi connectivity index (χ0v) is 10.8. The van der Waals surface area contributed by atoms with Gasteiger partial charge in [0.05, 0.1) is 12.7 Å². The van der Waals surface area contributed by atoms with E-state index in [0.717, 1.165) is 11.1 Å². The minimum atomic E-state index is 0.389. The Bertz CT molecular complexity index is 739. The van der Waals surface area contributed by atoms with E-state index in [1.807, 2.05) is 24.3 Å². The minimum Gasteiger partial charge on any atom is -0.496 e. The SMILES string of the molecule is COc1ccccc1-c1noc(-c2ccnc(N)c2)n1. The Kier molecular flexibility index (Phi) is 3.04. The highest BCUT2D eigenvalue weighted by Gasteiger charge is 2.14. The summed E-state index contributed by atoms with van der Waals surface area (Å²) in [6.45, 7) is 0. The molecule has 1 aromatic carbocycles. The van der Waals surface area contributed by atoms with E-state index in [4.69, 9.17) is 15.0 Å². The fraction of sp³-hybridized carbons (Fsp3) is 0.0714. The number of anilines is 1.